The van der Waals surface area contributed by atoms with Crippen LogP contribution >= 0.6 is 23.1 Å². The van der Waals surface area contributed by atoms with Gasteiger partial charge < -0.3 is 4.74 Å². The van der Waals surface area contributed by atoms with E-state index in [0.29, 0.717) is 16.8 Å². The summed E-state index contributed by atoms with van der Waals surface area (Å²) in [6.45, 7) is 10.1. The number of thioether (sulfide) groups is 1. The summed E-state index contributed by atoms with van der Waals surface area (Å²) in [4.78, 5) is 12.5. The summed E-state index contributed by atoms with van der Waals surface area (Å²) in [6.07, 6.45) is 0.0162. The molecule has 1 heterocycles. The third-order valence-electron chi connectivity index (χ3n) is 3.24. The highest BCUT2D eigenvalue weighted by Crippen LogP contribution is 2.29. The topological polar surface area (TPSA) is 64.1 Å². The molecule has 0 unspecified atom stereocenters. The number of hydrogen-bond donors (Lipinski definition) is 1. The van der Waals surface area contributed by atoms with Crippen molar-refractivity contribution < 1.29 is 9.53 Å². The Morgan fingerprint density at radius 3 is 2.71 bits per heavy atom. The highest BCUT2D eigenvalue weighted by molar-refractivity contribution is 8.01. The quantitative estimate of drug-likeness (QED) is 0.580. The number of nitrogens with one attached hydrogen (secondary N) is 1. The van der Waals surface area contributed by atoms with Crippen molar-refractivity contribution in [2.24, 2.45) is 0 Å². The highest BCUT2D eigenvalue weighted by atomic mass is 32.2. The van der Waals surface area contributed by atoms with Gasteiger partial charge in [0, 0.05) is 5.25 Å². The van der Waals surface area contributed by atoms with Crippen LogP contribution in [0.1, 0.15) is 38.3 Å². The Morgan fingerprint density at radius 2 is 2.08 bits per heavy atom. The van der Waals surface area contributed by atoms with Crippen molar-refractivity contribution in [1.82, 2.24) is 10.2 Å². The maximum atomic E-state index is 12.5. The van der Waals surface area contributed by atoms with Gasteiger partial charge in [-0.2, -0.15) is 0 Å². The Hall–Kier alpha value is -1.60. The van der Waals surface area contributed by atoms with Crippen molar-refractivity contribution in [2.45, 2.75) is 56.7 Å². The highest BCUT2D eigenvalue weighted by Gasteiger charge is 2.21. The molecule has 1 amide bonds. The molecule has 0 saturated heterocycles. The smallest absolute Gasteiger partial charge is 0.267 e. The first-order valence-corrected chi connectivity index (χ1v) is 9.63. The van der Waals surface area contributed by atoms with E-state index in [-0.39, 0.29) is 5.91 Å². The first kappa shape index (κ1) is 18.7. The van der Waals surface area contributed by atoms with Crippen LogP contribution in [0.4, 0.5) is 5.13 Å². The number of benzene rings is 1. The van der Waals surface area contributed by atoms with Crippen LogP contribution in [0.25, 0.3) is 0 Å². The van der Waals surface area contributed by atoms with E-state index in [4.69, 9.17) is 4.74 Å². The van der Waals surface area contributed by atoms with Crippen molar-refractivity contribution in [3.63, 3.8) is 0 Å². The number of carbonyl (C=O) groups is 1. The average Bonchev–Trinajstić information content (AvgIpc) is 2.92. The lowest BCUT2D eigenvalue weighted by Gasteiger charge is -2.18. The zero-order valence-electron chi connectivity index (χ0n) is 14.6. The zero-order chi connectivity index (χ0) is 17.7. The molecule has 0 spiro atoms. The van der Waals surface area contributed by atoms with Crippen LogP contribution in [-0.4, -0.2) is 27.5 Å². The average molecular weight is 366 g/mol. The first-order valence-electron chi connectivity index (χ1n) is 7.94. The van der Waals surface area contributed by atoms with Crippen molar-refractivity contribution in [2.75, 3.05) is 5.32 Å². The van der Waals surface area contributed by atoms with E-state index in [2.05, 4.69) is 29.4 Å². The van der Waals surface area contributed by atoms with Crippen molar-refractivity contribution >= 4 is 34.1 Å². The molecule has 2 aromatic rings. The van der Waals surface area contributed by atoms with Crippen LogP contribution < -0.4 is 10.1 Å². The van der Waals surface area contributed by atoms with Gasteiger partial charge in [-0.15, -0.1) is 10.2 Å². The van der Waals surface area contributed by atoms with Gasteiger partial charge in [-0.3, -0.25) is 10.1 Å². The summed E-state index contributed by atoms with van der Waals surface area (Å²) >= 11 is 3.01. The third kappa shape index (κ3) is 5.21. The Kier molecular flexibility index (Phi) is 6.62. The van der Waals surface area contributed by atoms with Crippen LogP contribution in [0.15, 0.2) is 22.5 Å². The minimum atomic E-state index is -0.559. The number of rotatable bonds is 7. The van der Waals surface area contributed by atoms with E-state index in [1.807, 2.05) is 39.0 Å². The molecular weight excluding hydrogens is 342 g/mol. The van der Waals surface area contributed by atoms with Gasteiger partial charge in [-0.25, -0.2) is 0 Å². The second-order valence-corrected chi connectivity index (χ2v) is 8.61. The number of aromatic nitrogens is 2. The summed E-state index contributed by atoms with van der Waals surface area (Å²) in [6, 6.07) is 5.93. The molecule has 2 rings (SSSR count). The second kappa shape index (κ2) is 8.48. The molecule has 24 heavy (non-hydrogen) atoms. The van der Waals surface area contributed by atoms with E-state index in [0.717, 1.165) is 15.7 Å². The number of anilines is 1. The predicted molar refractivity (Wildman–Crippen MR) is 100 cm³/mol. The van der Waals surface area contributed by atoms with Gasteiger partial charge >= 0.3 is 0 Å². The van der Waals surface area contributed by atoms with Gasteiger partial charge in [-0.1, -0.05) is 61.6 Å². The molecule has 130 valence electrons. The fraction of sp³-hybridized carbons (Fsp3) is 0.471. The number of carbonyl (C=O) groups excluding carboxylic acids is 1. The summed E-state index contributed by atoms with van der Waals surface area (Å²) in [5, 5.41) is 11.8. The van der Waals surface area contributed by atoms with E-state index < -0.39 is 6.10 Å². The summed E-state index contributed by atoms with van der Waals surface area (Å²) in [5.41, 5.74) is 2.19. The number of amides is 1. The standard InChI is InChI=1S/C17H23N3O2S2/c1-6-13(22-14-8-7-11(4)9-12(14)5)15(21)18-16-19-20-17(24-16)23-10(2)3/h7-10,13H,6H2,1-5H3,(H,18,19,21)/t13-/m1/s1. The van der Waals surface area contributed by atoms with Gasteiger partial charge in [0.15, 0.2) is 10.4 Å². The minimum absolute atomic E-state index is 0.199. The molecule has 0 aliphatic heterocycles. The van der Waals surface area contributed by atoms with E-state index in [1.165, 1.54) is 16.9 Å². The minimum Gasteiger partial charge on any atom is -0.480 e. The van der Waals surface area contributed by atoms with Crippen LogP contribution in [-0.2, 0) is 4.79 Å². The van der Waals surface area contributed by atoms with E-state index in [1.54, 1.807) is 11.8 Å². The molecule has 0 aliphatic rings. The molecule has 5 nitrogen and oxygen atoms in total. The van der Waals surface area contributed by atoms with Gasteiger partial charge in [-0.05, 0) is 31.9 Å². The van der Waals surface area contributed by atoms with Crippen LogP contribution in [0.5, 0.6) is 5.75 Å². The molecule has 1 N–H and O–H groups in total. The van der Waals surface area contributed by atoms with Gasteiger partial charge in [0.25, 0.3) is 5.91 Å². The molecular formula is C17H23N3O2S2. The zero-order valence-corrected chi connectivity index (χ0v) is 16.3. The molecule has 1 atom stereocenters. The fourth-order valence-corrected chi connectivity index (χ4v) is 4.08. The Bertz CT molecular complexity index is 701. The van der Waals surface area contributed by atoms with Crippen molar-refractivity contribution in [3.8, 4) is 5.75 Å². The Balaban J connectivity index is 2.02. The number of ether oxygens (including phenoxy) is 1. The monoisotopic (exact) mass is 365 g/mol. The van der Waals surface area contributed by atoms with Gasteiger partial charge in [0.1, 0.15) is 5.75 Å². The molecule has 1 aromatic heterocycles. The van der Waals surface area contributed by atoms with Crippen molar-refractivity contribution in [3.05, 3.63) is 29.3 Å². The van der Waals surface area contributed by atoms with E-state index in [9.17, 15) is 4.79 Å². The maximum absolute atomic E-state index is 12.5. The summed E-state index contributed by atoms with van der Waals surface area (Å²) in [7, 11) is 0. The van der Waals surface area contributed by atoms with Crippen LogP contribution in [0, 0.1) is 13.8 Å². The SMILES string of the molecule is CC[C@@H](Oc1ccc(C)cc1C)C(=O)Nc1nnc(SC(C)C)s1. The largest absolute Gasteiger partial charge is 0.480 e. The third-order valence-corrected chi connectivity index (χ3v) is 5.16. The Labute approximate surface area is 151 Å². The maximum Gasteiger partial charge on any atom is 0.267 e. The summed E-state index contributed by atoms with van der Waals surface area (Å²) in [5.74, 6) is 0.533. The molecule has 1 aromatic carbocycles. The van der Waals surface area contributed by atoms with E-state index >= 15 is 0 Å². The lowest BCUT2D eigenvalue weighted by atomic mass is 10.1. The molecule has 0 aliphatic carbocycles. The lowest BCUT2D eigenvalue weighted by Crippen LogP contribution is -2.32. The number of aryl methyl sites for hydroxylation is 2. The molecule has 0 fully saturated rings. The van der Waals surface area contributed by atoms with Crippen LogP contribution in [0.3, 0.4) is 0 Å². The summed E-state index contributed by atoms with van der Waals surface area (Å²) < 4.78 is 6.74. The van der Waals surface area contributed by atoms with Crippen molar-refractivity contribution in [1.29, 1.82) is 0 Å². The Morgan fingerprint density at radius 1 is 1.33 bits per heavy atom. The molecule has 0 saturated carbocycles. The van der Waals surface area contributed by atoms with Crippen LogP contribution in [0.2, 0.25) is 0 Å². The second-order valence-electron chi connectivity index (χ2n) is 5.81. The normalized spacial score (nSPS) is 12.2. The number of nitrogens with zero attached hydrogens (tertiary/aromatic N) is 2. The molecule has 0 radical (unpaired) electrons. The molecule has 7 heteroatoms. The molecule has 0 bridgehead atoms. The predicted octanol–water partition coefficient (Wildman–Crippen LogP) is 4.45. The first-order chi connectivity index (χ1) is 11.4. The van der Waals surface area contributed by atoms with Gasteiger partial charge in [0.05, 0.1) is 0 Å². The lowest BCUT2D eigenvalue weighted by molar-refractivity contribution is -0.122. The number of hydrogen-bond acceptors (Lipinski definition) is 6. The fourth-order valence-electron chi connectivity index (χ4n) is 2.10. The van der Waals surface area contributed by atoms with Gasteiger partial charge in [0.2, 0.25) is 5.13 Å².